The summed E-state index contributed by atoms with van der Waals surface area (Å²) >= 11 is 0. The maximum absolute atomic E-state index is 5.84. The number of aromatic nitrogens is 1. The quantitative estimate of drug-likeness (QED) is 0.781. The lowest BCUT2D eigenvalue weighted by Gasteiger charge is -2.08. The van der Waals surface area contributed by atoms with Gasteiger partial charge in [0.25, 0.3) is 0 Å². The Morgan fingerprint density at radius 3 is 2.60 bits per heavy atom. The number of nitrogens with zero attached hydrogens (tertiary/aromatic N) is 1. The fraction of sp³-hybridized carbons (Fsp3) is 0.0833. The van der Waals surface area contributed by atoms with E-state index in [0.717, 1.165) is 11.3 Å². The first kappa shape index (κ1) is 9.52. The second-order valence-corrected chi connectivity index (χ2v) is 3.44. The normalized spacial score (nSPS) is 9.93. The van der Waals surface area contributed by atoms with E-state index in [4.69, 9.17) is 5.73 Å². The van der Waals surface area contributed by atoms with E-state index in [9.17, 15) is 0 Å². The molecule has 1 aromatic carbocycles. The molecule has 0 radical (unpaired) electrons. The van der Waals surface area contributed by atoms with Crippen LogP contribution in [0.15, 0.2) is 42.6 Å². The molecule has 0 amide bonds. The average Bonchev–Trinajstić information content (AvgIpc) is 2.24. The molecule has 0 unspecified atom stereocenters. The molecule has 2 aromatic rings. The second kappa shape index (κ2) is 4.00. The maximum atomic E-state index is 5.84. The van der Waals surface area contributed by atoms with Crippen LogP contribution in [0.5, 0.6) is 0 Å². The Bertz CT molecular complexity index is 452. The van der Waals surface area contributed by atoms with Crippen LogP contribution in [0.3, 0.4) is 0 Å². The summed E-state index contributed by atoms with van der Waals surface area (Å²) in [5.41, 5.74) is 8.56. The molecule has 15 heavy (non-hydrogen) atoms. The van der Waals surface area contributed by atoms with Crippen LogP contribution in [-0.2, 0) is 0 Å². The molecule has 1 aromatic heterocycles. The first-order valence-corrected chi connectivity index (χ1v) is 4.80. The van der Waals surface area contributed by atoms with Crippen molar-refractivity contribution in [3.63, 3.8) is 0 Å². The number of pyridine rings is 1. The molecule has 1 heterocycles. The first-order chi connectivity index (χ1) is 7.25. The smallest absolute Gasteiger partial charge is 0.153 e. The largest absolute Gasteiger partial charge is 0.396 e. The van der Waals surface area contributed by atoms with Gasteiger partial charge in [-0.25, -0.2) is 4.98 Å². The Kier molecular flexibility index (Phi) is 2.54. The third-order valence-electron chi connectivity index (χ3n) is 2.09. The Hall–Kier alpha value is -2.03. The van der Waals surface area contributed by atoms with E-state index < -0.39 is 0 Å². The van der Waals surface area contributed by atoms with E-state index in [1.807, 2.05) is 43.3 Å². The van der Waals surface area contributed by atoms with Crippen molar-refractivity contribution in [3.05, 3.63) is 48.2 Å². The van der Waals surface area contributed by atoms with Crippen molar-refractivity contribution >= 4 is 17.2 Å². The van der Waals surface area contributed by atoms with E-state index in [-0.39, 0.29) is 0 Å². The van der Waals surface area contributed by atoms with Crippen molar-refractivity contribution in [2.75, 3.05) is 11.1 Å². The summed E-state index contributed by atoms with van der Waals surface area (Å²) in [4.78, 5) is 4.24. The molecule has 0 aliphatic rings. The van der Waals surface area contributed by atoms with Gasteiger partial charge < -0.3 is 11.1 Å². The van der Waals surface area contributed by atoms with Crippen LogP contribution in [0.1, 0.15) is 5.56 Å². The zero-order chi connectivity index (χ0) is 10.7. The predicted octanol–water partition coefficient (Wildman–Crippen LogP) is 2.72. The predicted molar refractivity (Wildman–Crippen MR) is 63.1 cm³/mol. The zero-order valence-electron chi connectivity index (χ0n) is 8.57. The van der Waals surface area contributed by atoms with Gasteiger partial charge in [0, 0.05) is 11.9 Å². The Morgan fingerprint density at radius 2 is 1.93 bits per heavy atom. The Labute approximate surface area is 89.0 Å². The zero-order valence-corrected chi connectivity index (χ0v) is 8.57. The molecule has 0 fully saturated rings. The average molecular weight is 199 g/mol. The number of benzene rings is 1. The summed E-state index contributed by atoms with van der Waals surface area (Å²) in [5, 5.41) is 3.16. The van der Waals surface area contributed by atoms with Crippen LogP contribution in [-0.4, -0.2) is 4.98 Å². The number of anilines is 3. The van der Waals surface area contributed by atoms with Crippen LogP contribution in [0.25, 0.3) is 0 Å². The molecule has 0 saturated heterocycles. The Balaban J connectivity index is 2.25. The molecule has 0 saturated carbocycles. The monoisotopic (exact) mass is 199 g/mol. The van der Waals surface area contributed by atoms with Gasteiger partial charge >= 0.3 is 0 Å². The second-order valence-electron chi connectivity index (χ2n) is 3.44. The number of aryl methyl sites for hydroxylation is 1. The molecule has 76 valence electrons. The van der Waals surface area contributed by atoms with Gasteiger partial charge in [-0.05, 0) is 30.7 Å². The number of rotatable bonds is 2. The van der Waals surface area contributed by atoms with Crippen molar-refractivity contribution in [1.29, 1.82) is 0 Å². The first-order valence-electron chi connectivity index (χ1n) is 4.80. The summed E-state index contributed by atoms with van der Waals surface area (Å²) in [6.45, 7) is 1.97. The fourth-order valence-electron chi connectivity index (χ4n) is 1.35. The van der Waals surface area contributed by atoms with Gasteiger partial charge in [-0.1, -0.05) is 18.2 Å². The van der Waals surface area contributed by atoms with E-state index in [2.05, 4.69) is 10.3 Å². The van der Waals surface area contributed by atoms with Crippen LogP contribution in [0.4, 0.5) is 17.2 Å². The number of para-hydroxylation sites is 1. The lowest BCUT2D eigenvalue weighted by molar-refractivity contribution is 1.26. The van der Waals surface area contributed by atoms with Gasteiger partial charge in [-0.2, -0.15) is 0 Å². The van der Waals surface area contributed by atoms with Crippen LogP contribution in [0, 0.1) is 6.92 Å². The number of nitrogens with one attached hydrogen (secondary N) is 1. The van der Waals surface area contributed by atoms with Gasteiger partial charge in [0.05, 0.1) is 5.69 Å². The number of nitrogens with two attached hydrogens (primary N) is 1. The summed E-state index contributed by atoms with van der Waals surface area (Å²) in [5.74, 6) is 0.701. The highest BCUT2D eigenvalue weighted by atomic mass is 15.0. The van der Waals surface area contributed by atoms with Gasteiger partial charge in [0.1, 0.15) is 0 Å². The molecule has 0 aliphatic carbocycles. The van der Waals surface area contributed by atoms with Crippen LogP contribution < -0.4 is 11.1 Å². The minimum absolute atomic E-state index is 0.666. The molecule has 2 rings (SSSR count). The lowest BCUT2D eigenvalue weighted by Crippen LogP contribution is -1.99. The van der Waals surface area contributed by atoms with Crippen molar-refractivity contribution in [1.82, 2.24) is 4.98 Å². The summed E-state index contributed by atoms with van der Waals surface area (Å²) in [6, 6.07) is 11.7. The number of hydrogen-bond donors (Lipinski definition) is 2. The maximum Gasteiger partial charge on any atom is 0.153 e. The highest BCUT2D eigenvalue weighted by Gasteiger charge is 2.00. The topological polar surface area (TPSA) is 50.9 Å². The van der Waals surface area contributed by atoms with Crippen molar-refractivity contribution in [2.45, 2.75) is 6.92 Å². The molecule has 3 N–H and O–H groups in total. The SMILES string of the molecule is Cc1cnc(Nc2ccccc2)c(N)c1. The third-order valence-corrected chi connectivity index (χ3v) is 2.09. The number of nitrogen functional groups attached to an aromatic ring is 1. The van der Waals surface area contributed by atoms with Crippen molar-refractivity contribution in [2.24, 2.45) is 0 Å². The summed E-state index contributed by atoms with van der Waals surface area (Å²) < 4.78 is 0. The summed E-state index contributed by atoms with van der Waals surface area (Å²) in [7, 11) is 0. The van der Waals surface area contributed by atoms with Crippen molar-refractivity contribution < 1.29 is 0 Å². The van der Waals surface area contributed by atoms with E-state index in [1.54, 1.807) is 6.20 Å². The fourth-order valence-corrected chi connectivity index (χ4v) is 1.35. The van der Waals surface area contributed by atoms with Crippen LogP contribution >= 0.6 is 0 Å². The van der Waals surface area contributed by atoms with Gasteiger partial charge in [-0.15, -0.1) is 0 Å². The standard InChI is InChI=1S/C12H13N3/c1-9-7-11(13)12(14-8-9)15-10-5-3-2-4-6-10/h2-8H,13H2,1H3,(H,14,15). The minimum Gasteiger partial charge on any atom is -0.396 e. The lowest BCUT2D eigenvalue weighted by atomic mass is 10.2. The molecule has 0 atom stereocenters. The molecule has 3 heteroatoms. The summed E-state index contributed by atoms with van der Waals surface area (Å²) in [6.07, 6.45) is 1.79. The molecular formula is C12H13N3. The molecular weight excluding hydrogens is 186 g/mol. The van der Waals surface area contributed by atoms with Gasteiger partial charge in [0.2, 0.25) is 0 Å². The number of hydrogen-bond acceptors (Lipinski definition) is 3. The molecule has 0 aliphatic heterocycles. The van der Waals surface area contributed by atoms with Crippen LogP contribution in [0.2, 0.25) is 0 Å². The van der Waals surface area contributed by atoms with E-state index >= 15 is 0 Å². The van der Waals surface area contributed by atoms with E-state index in [1.165, 1.54) is 0 Å². The van der Waals surface area contributed by atoms with E-state index in [0.29, 0.717) is 11.5 Å². The van der Waals surface area contributed by atoms with Gasteiger partial charge in [0.15, 0.2) is 5.82 Å². The highest BCUT2D eigenvalue weighted by molar-refractivity contribution is 5.68. The molecule has 3 nitrogen and oxygen atoms in total. The minimum atomic E-state index is 0.666. The third kappa shape index (κ3) is 2.26. The Morgan fingerprint density at radius 1 is 1.20 bits per heavy atom. The highest BCUT2D eigenvalue weighted by Crippen LogP contribution is 2.20. The molecule has 0 spiro atoms. The van der Waals surface area contributed by atoms with Gasteiger partial charge in [-0.3, -0.25) is 0 Å². The molecule has 0 bridgehead atoms. The van der Waals surface area contributed by atoms with Crippen molar-refractivity contribution in [3.8, 4) is 0 Å².